The van der Waals surface area contributed by atoms with Gasteiger partial charge in [-0.05, 0) is 41.2 Å². The number of rotatable bonds is 13. The maximum atomic E-state index is 12.9. The number of aromatic nitrogens is 7. The van der Waals surface area contributed by atoms with Gasteiger partial charge in [0.25, 0.3) is 5.56 Å². The molecule has 0 aliphatic carbocycles. The van der Waals surface area contributed by atoms with E-state index >= 15 is 0 Å². The molecule has 0 bridgehead atoms. The fraction of sp³-hybridized carbons (Fsp3) is 0.593. The highest BCUT2D eigenvalue weighted by atomic mass is 32.7. The molecule has 0 amide bonds. The van der Waals surface area contributed by atoms with E-state index in [0.29, 0.717) is 17.9 Å². The first-order chi connectivity index (χ1) is 24.5. The Balaban J connectivity index is 1.07. The first-order valence-electron chi connectivity index (χ1n) is 15.9. The van der Waals surface area contributed by atoms with Crippen LogP contribution in [0.2, 0.25) is 0 Å². The molecule has 51 heavy (non-hydrogen) atoms. The second-order valence-electron chi connectivity index (χ2n) is 12.1. The van der Waals surface area contributed by atoms with Crippen molar-refractivity contribution < 1.29 is 52.9 Å². The van der Waals surface area contributed by atoms with Gasteiger partial charge in [0.15, 0.2) is 29.7 Å². The van der Waals surface area contributed by atoms with Crippen LogP contribution in [0.5, 0.6) is 0 Å². The molecule has 4 aromatic heterocycles. The molecule has 7 heterocycles. The maximum Gasteiger partial charge on any atom is 0.582 e. The monoisotopic (exact) mass is 789 g/mol. The Kier molecular flexibility index (Phi) is 10.9. The number of aliphatic hydroxyl groups excluding tert-OH is 4. The third-order valence-electron chi connectivity index (χ3n) is 8.93. The normalized spacial score (nSPS) is 29.3. The minimum atomic E-state index is -4.23. The second kappa shape index (κ2) is 15.1. The van der Waals surface area contributed by atoms with Crippen LogP contribution < -0.4 is 10.9 Å². The van der Waals surface area contributed by atoms with Crippen LogP contribution in [0, 0.1) is 0 Å². The average Bonchev–Trinajstić information content (AvgIpc) is 3.81. The quantitative estimate of drug-likeness (QED) is 0.0688. The van der Waals surface area contributed by atoms with Gasteiger partial charge < -0.3 is 49.2 Å². The van der Waals surface area contributed by atoms with E-state index in [-0.39, 0.29) is 24.3 Å². The van der Waals surface area contributed by atoms with Crippen molar-refractivity contribution in [2.24, 2.45) is 0 Å². The summed E-state index contributed by atoms with van der Waals surface area (Å²) in [5.74, 6) is 0.659. The highest BCUT2D eigenvalue weighted by molar-refractivity contribution is 8.39. The number of hydrogen-bond acceptors (Lipinski definition) is 17. The number of nitrogens with zero attached hydrogens (tertiary/aromatic N) is 7. The van der Waals surface area contributed by atoms with Gasteiger partial charge in [-0.15, -0.1) is 4.52 Å². The molecule has 0 aromatic carbocycles. The molecular weight excluding hydrogens is 754 g/mol. The summed E-state index contributed by atoms with van der Waals surface area (Å²) in [5, 5.41) is 45.9. The van der Waals surface area contributed by atoms with E-state index in [1.165, 1.54) is 28.1 Å². The molecular formula is C27H35N8O12P2S2+. The van der Waals surface area contributed by atoms with E-state index in [0.717, 1.165) is 30.3 Å². The van der Waals surface area contributed by atoms with Crippen LogP contribution in [0.15, 0.2) is 30.0 Å². The Morgan fingerprint density at radius 1 is 1.06 bits per heavy atom. The van der Waals surface area contributed by atoms with E-state index in [9.17, 15) is 29.6 Å². The predicted octanol–water partition coefficient (Wildman–Crippen LogP) is -0.122. The number of thiol groups is 1. The third-order valence-corrected chi connectivity index (χ3v) is 11.2. The first-order valence-corrected chi connectivity index (χ1v) is 20.8. The van der Waals surface area contributed by atoms with Crippen LogP contribution in [0.1, 0.15) is 30.9 Å². The molecule has 7 rings (SSSR count). The summed E-state index contributed by atoms with van der Waals surface area (Å²) in [6.45, 7) is -4.54. The zero-order chi connectivity index (χ0) is 36.0. The van der Waals surface area contributed by atoms with Crippen molar-refractivity contribution in [2.75, 3.05) is 31.7 Å². The van der Waals surface area contributed by atoms with E-state index in [1.54, 1.807) is 4.57 Å². The zero-order valence-electron chi connectivity index (χ0n) is 26.6. The predicted molar refractivity (Wildman–Crippen MR) is 184 cm³/mol. The summed E-state index contributed by atoms with van der Waals surface area (Å²) in [4.78, 5) is 41.2. The van der Waals surface area contributed by atoms with Gasteiger partial charge in [-0.2, -0.15) is 0 Å². The maximum absolute atomic E-state index is 12.9. The van der Waals surface area contributed by atoms with Crippen molar-refractivity contribution in [2.45, 2.75) is 74.9 Å². The molecule has 20 nitrogen and oxygen atoms in total. The Morgan fingerprint density at radius 2 is 1.86 bits per heavy atom. The molecule has 0 spiro atoms. The van der Waals surface area contributed by atoms with Crippen LogP contribution >= 0.6 is 26.2 Å². The number of imidazole rings is 1. The van der Waals surface area contributed by atoms with Crippen molar-refractivity contribution in [3.8, 4) is 0 Å². The summed E-state index contributed by atoms with van der Waals surface area (Å²) in [7, 11) is -2.56. The van der Waals surface area contributed by atoms with E-state index < -0.39 is 81.8 Å². The zero-order valence-corrected chi connectivity index (χ0v) is 30.1. The summed E-state index contributed by atoms with van der Waals surface area (Å²) in [6.07, 6.45) is -2.63. The number of aliphatic hydroxyl groups is 4. The first kappa shape index (κ1) is 36.8. The van der Waals surface area contributed by atoms with Crippen LogP contribution in [-0.2, 0) is 52.4 Å². The van der Waals surface area contributed by atoms with E-state index in [1.807, 2.05) is 6.20 Å². The Morgan fingerprint density at radius 3 is 2.63 bits per heavy atom. The van der Waals surface area contributed by atoms with E-state index in [2.05, 4.69) is 37.5 Å². The van der Waals surface area contributed by atoms with Gasteiger partial charge in [-0.3, -0.25) is 18.5 Å². The second-order valence-corrected chi connectivity index (χ2v) is 16.6. The topological polar surface area (TPSA) is 260 Å². The van der Waals surface area contributed by atoms with Crippen molar-refractivity contribution in [1.82, 2.24) is 33.6 Å². The minimum absolute atomic E-state index is 0.0208. The van der Waals surface area contributed by atoms with Gasteiger partial charge in [0, 0.05) is 25.9 Å². The highest BCUT2D eigenvalue weighted by Gasteiger charge is 2.52. The Hall–Kier alpha value is -2.53. The number of ether oxygens (including phenoxy) is 2. The largest absolute Gasteiger partial charge is 0.582 e. The summed E-state index contributed by atoms with van der Waals surface area (Å²) < 4.78 is 44.9. The standard InChI is InChI=1S/C27H34N8O12P2S2/c36-6-2-5-33-11-32-24-17(25(33)40)31-12-35(24)27-21(46-48(41)50)18(38)15(45-27)9-43-49(42,51)47-20-14(8-37)44-26(19(20)39)34-7-13-3-1-4-28-22-16(13)23(34)30-10-29-22/h7,10-12,14-15,18-21,26-27,36-39H,1-6,8-9H2,(H2-,28,29,30,41,42,50,51)/p+1/t14-,15-,18-,19-,20-,21-,26-,27-,49?/m1/s1. The fourth-order valence-corrected chi connectivity index (χ4v) is 8.78. The van der Waals surface area contributed by atoms with Gasteiger partial charge >= 0.3 is 13.9 Å². The fourth-order valence-electron chi connectivity index (χ4n) is 6.57. The molecule has 276 valence electrons. The van der Waals surface area contributed by atoms with Gasteiger partial charge in [-0.25, -0.2) is 19.9 Å². The molecule has 6 N–H and O–H groups in total. The van der Waals surface area contributed by atoms with Gasteiger partial charge in [-0.1, -0.05) is 0 Å². The SMILES string of the molecule is O=c1c2ncn([C@@H]3O[C@H](COP(O)(=S)O[C@H]4[C@@H](O)[C@H](n5cc6c7c(ncnc75)NCCC6)O[C@@H]4CO)[C@@H](O)[C@H]3O[P+](=O)S)c2ncn1CCCO. The Labute approximate surface area is 299 Å². The third kappa shape index (κ3) is 7.11. The molecule has 2 fully saturated rings. The van der Waals surface area contributed by atoms with Crippen molar-refractivity contribution in [3.63, 3.8) is 0 Å². The molecule has 0 radical (unpaired) electrons. The van der Waals surface area contributed by atoms with Gasteiger partial charge in [0.05, 0.1) is 24.9 Å². The molecule has 0 saturated carbocycles. The van der Waals surface area contributed by atoms with Crippen LogP contribution in [0.25, 0.3) is 22.2 Å². The summed E-state index contributed by atoms with van der Waals surface area (Å²) in [5.41, 5.74) is 1.04. The van der Waals surface area contributed by atoms with Crippen molar-refractivity contribution in [3.05, 3.63) is 41.1 Å². The number of anilines is 1. The number of hydrogen-bond donors (Lipinski definition) is 7. The van der Waals surface area contributed by atoms with E-state index in [4.69, 9.17) is 40.0 Å². The number of fused-ring (bicyclic) bond motifs is 1. The highest BCUT2D eigenvalue weighted by Crippen LogP contribution is 2.50. The van der Waals surface area contributed by atoms with Crippen LogP contribution in [-0.4, -0.2) is 122 Å². The van der Waals surface area contributed by atoms with Crippen molar-refractivity contribution in [1.29, 1.82) is 0 Å². The van der Waals surface area contributed by atoms with Gasteiger partial charge in [0.1, 0.15) is 66.9 Å². The van der Waals surface area contributed by atoms with Gasteiger partial charge in [0.2, 0.25) is 0 Å². The summed E-state index contributed by atoms with van der Waals surface area (Å²) in [6, 6.07) is 0. The molecule has 24 heteroatoms. The molecule has 2 saturated heterocycles. The van der Waals surface area contributed by atoms with Crippen LogP contribution in [0.4, 0.5) is 5.82 Å². The molecule has 2 unspecified atom stereocenters. The lowest BCUT2D eigenvalue weighted by Gasteiger charge is -2.26. The summed E-state index contributed by atoms with van der Waals surface area (Å²) >= 11 is 9.08. The lowest BCUT2D eigenvalue weighted by atomic mass is 10.1. The smallest absolute Gasteiger partial charge is 0.396 e. The van der Waals surface area contributed by atoms with Crippen LogP contribution in [0.3, 0.4) is 0 Å². The molecule has 4 aromatic rings. The number of nitrogens with one attached hydrogen (secondary N) is 1. The molecule has 10 atom stereocenters. The Bertz CT molecular complexity index is 2030. The molecule has 3 aliphatic heterocycles. The minimum Gasteiger partial charge on any atom is -0.396 e. The molecule has 3 aliphatic rings. The lowest BCUT2D eigenvalue weighted by Crippen LogP contribution is -2.36. The lowest BCUT2D eigenvalue weighted by molar-refractivity contribution is -0.0537. The average molecular weight is 790 g/mol. The van der Waals surface area contributed by atoms with Crippen molar-refractivity contribution >= 4 is 66.0 Å². The number of aryl methyl sites for hydroxylation is 2.